The number of benzene rings is 1. The predicted molar refractivity (Wildman–Crippen MR) is 95.2 cm³/mol. The van der Waals surface area contributed by atoms with Gasteiger partial charge in [-0.3, -0.25) is 4.98 Å². The Morgan fingerprint density at radius 3 is 2.67 bits per heavy atom. The molecule has 0 aliphatic heterocycles. The molecule has 1 N–H and O–H groups in total. The lowest BCUT2D eigenvalue weighted by molar-refractivity contribution is 0.419. The second kappa shape index (κ2) is 6.43. The van der Waals surface area contributed by atoms with Crippen LogP contribution in [-0.2, 0) is 0 Å². The summed E-state index contributed by atoms with van der Waals surface area (Å²) in [6, 6.07) is 12.5. The van der Waals surface area contributed by atoms with Crippen molar-refractivity contribution in [1.29, 1.82) is 0 Å². The number of nitrogens with zero attached hydrogens (tertiary/aromatic N) is 3. The number of hydrogen-bond donors (Lipinski definition) is 1. The van der Waals surface area contributed by atoms with Gasteiger partial charge in [-0.2, -0.15) is 0 Å². The second-order valence-electron chi connectivity index (χ2n) is 6.14. The number of fused-ring (bicyclic) bond motifs is 1. The Hall–Kier alpha value is -2.69. The molecule has 1 fully saturated rings. The second-order valence-corrected chi connectivity index (χ2v) is 6.14. The van der Waals surface area contributed by atoms with Gasteiger partial charge >= 0.3 is 0 Å². The van der Waals surface area contributed by atoms with Crippen LogP contribution >= 0.6 is 0 Å². The zero-order valence-corrected chi connectivity index (χ0v) is 13.7. The third-order valence-corrected chi connectivity index (χ3v) is 4.60. The fourth-order valence-corrected chi connectivity index (χ4v) is 3.37. The van der Waals surface area contributed by atoms with E-state index in [2.05, 4.69) is 20.5 Å². The summed E-state index contributed by atoms with van der Waals surface area (Å²) in [4.78, 5) is 4.44. The number of rotatable bonds is 4. The zero-order chi connectivity index (χ0) is 16.4. The van der Waals surface area contributed by atoms with Crippen LogP contribution < -0.4 is 10.1 Å². The van der Waals surface area contributed by atoms with Gasteiger partial charge in [-0.15, -0.1) is 10.2 Å². The molecule has 2 aromatic heterocycles. The smallest absolute Gasteiger partial charge is 0.148 e. The van der Waals surface area contributed by atoms with Crippen molar-refractivity contribution in [3.8, 4) is 17.0 Å². The van der Waals surface area contributed by atoms with E-state index >= 15 is 0 Å². The molecule has 0 saturated heterocycles. The minimum atomic E-state index is 0.538. The summed E-state index contributed by atoms with van der Waals surface area (Å²) in [6.07, 6.45) is 6.81. The first kappa shape index (κ1) is 14.9. The number of pyridine rings is 1. The normalized spacial score (nSPS) is 14.9. The molecule has 0 atom stereocenters. The molecule has 5 heteroatoms. The maximum absolute atomic E-state index is 5.40. The number of nitrogens with one attached hydrogen (secondary N) is 1. The SMILES string of the molecule is COc1ccc(-c2ccc(NC3CCCC3)nn2)c2cccnc12. The Kier molecular flexibility index (Phi) is 3.99. The highest BCUT2D eigenvalue weighted by Gasteiger charge is 2.15. The fraction of sp³-hybridized carbons (Fsp3) is 0.316. The summed E-state index contributed by atoms with van der Waals surface area (Å²) in [6.45, 7) is 0. The minimum Gasteiger partial charge on any atom is -0.494 e. The van der Waals surface area contributed by atoms with Crippen LogP contribution in [0.25, 0.3) is 22.2 Å². The molecule has 0 unspecified atom stereocenters. The summed E-state index contributed by atoms with van der Waals surface area (Å²) in [5.74, 6) is 1.61. The van der Waals surface area contributed by atoms with Gasteiger partial charge in [0.25, 0.3) is 0 Å². The van der Waals surface area contributed by atoms with E-state index in [4.69, 9.17) is 4.74 Å². The van der Waals surface area contributed by atoms with Crippen LogP contribution in [0.1, 0.15) is 25.7 Å². The van der Waals surface area contributed by atoms with E-state index in [1.807, 2.05) is 36.4 Å². The van der Waals surface area contributed by atoms with Crippen LogP contribution in [0.3, 0.4) is 0 Å². The average Bonchev–Trinajstić information content (AvgIpc) is 3.14. The van der Waals surface area contributed by atoms with Gasteiger partial charge in [0, 0.05) is 23.2 Å². The van der Waals surface area contributed by atoms with Gasteiger partial charge < -0.3 is 10.1 Å². The Morgan fingerprint density at radius 1 is 1.04 bits per heavy atom. The quantitative estimate of drug-likeness (QED) is 0.785. The Morgan fingerprint density at radius 2 is 1.92 bits per heavy atom. The maximum atomic E-state index is 5.40. The van der Waals surface area contributed by atoms with E-state index in [0.717, 1.165) is 33.7 Å². The highest BCUT2D eigenvalue weighted by Crippen LogP contribution is 2.32. The van der Waals surface area contributed by atoms with Crippen molar-refractivity contribution in [2.24, 2.45) is 0 Å². The number of anilines is 1. The first-order chi connectivity index (χ1) is 11.8. The average molecular weight is 320 g/mol. The molecule has 0 amide bonds. The standard InChI is InChI=1S/C19H20N4O/c1-24-17-10-8-14(15-7-4-12-20-19(15)17)16-9-11-18(23-22-16)21-13-5-2-3-6-13/h4,7-13H,2-3,5-6H2,1H3,(H,21,23). The predicted octanol–water partition coefficient (Wildman–Crippen LogP) is 4.05. The van der Waals surface area contributed by atoms with Crippen LogP contribution in [0.2, 0.25) is 0 Å². The molecule has 1 aliphatic carbocycles. The molecule has 0 radical (unpaired) electrons. The lowest BCUT2D eigenvalue weighted by Gasteiger charge is -2.12. The van der Waals surface area contributed by atoms with Crippen molar-refractivity contribution in [1.82, 2.24) is 15.2 Å². The summed E-state index contributed by atoms with van der Waals surface area (Å²) < 4.78 is 5.40. The van der Waals surface area contributed by atoms with Crippen LogP contribution in [0.15, 0.2) is 42.6 Å². The molecule has 1 saturated carbocycles. The highest BCUT2D eigenvalue weighted by molar-refractivity contribution is 5.96. The topological polar surface area (TPSA) is 59.9 Å². The molecule has 3 aromatic rings. The Bertz CT molecular complexity index is 842. The molecule has 122 valence electrons. The van der Waals surface area contributed by atoms with Gasteiger partial charge in [0.1, 0.15) is 17.1 Å². The van der Waals surface area contributed by atoms with Crippen LogP contribution in [0.4, 0.5) is 5.82 Å². The summed E-state index contributed by atoms with van der Waals surface area (Å²) in [7, 11) is 1.66. The van der Waals surface area contributed by atoms with Crippen molar-refractivity contribution in [3.05, 3.63) is 42.6 Å². The van der Waals surface area contributed by atoms with Crippen LogP contribution in [-0.4, -0.2) is 28.3 Å². The van der Waals surface area contributed by atoms with E-state index in [1.165, 1.54) is 25.7 Å². The van der Waals surface area contributed by atoms with Gasteiger partial charge in [0.15, 0.2) is 0 Å². The lowest BCUT2D eigenvalue weighted by Crippen LogP contribution is -2.15. The Balaban J connectivity index is 1.67. The molecular weight excluding hydrogens is 300 g/mol. The molecule has 4 rings (SSSR count). The minimum absolute atomic E-state index is 0.538. The maximum Gasteiger partial charge on any atom is 0.148 e. The van der Waals surface area contributed by atoms with E-state index in [9.17, 15) is 0 Å². The summed E-state index contributed by atoms with van der Waals surface area (Å²) in [5.41, 5.74) is 2.69. The molecule has 5 nitrogen and oxygen atoms in total. The third kappa shape index (κ3) is 2.77. The van der Waals surface area contributed by atoms with Gasteiger partial charge in [-0.25, -0.2) is 0 Å². The fourth-order valence-electron chi connectivity index (χ4n) is 3.37. The molecule has 0 bridgehead atoms. The number of aromatic nitrogens is 3. The first-order valence-electron chi connectivity index (χ1n) is 8.37. The van der Waals surface area contributed by atoms with Crippen molar-refractivity contribution >= 4 is 16.7 Å². The zero-order valence-electron chi connectivity index (χ0n) is 13.7. The lowest BCUT2D eigenvalue weighted by atomic mass is 10.0. The van der Waals surface area contributed by atoms with Crippen molar-refractivity contribution in [2.45, 2.75) is 31.7 Å². The molecule has 2 heterocycles. The van der Waals surface area contributed by atoms with Crippen molar-refractivity contribution in [2.75, 3.05) is 12.4 Å². The molecule has 24 heavy (non-hydrogen) atoms. The number of methoxy groups -OCH3 is 1. The summed E-state index contributed by atoms with van der Waals surface area (Å²) >= 11 is 0. The number of ether oxygens (including phenoxy) is 1. The van der Waals surface area contributed by atoms with E-state index < -0.39 is 0 Å². The largest absolute Gasteiger partial charge is 0.494 e. The van der Waals surface area contributed by atoms with E-state index in [0.29, 0.717) is 6.04 Å². The molecule has 0 spiro atoms. The van der Waals surface area contributed by atoms with Gasteiger partial charge in [-0.1, -0.05) is 18.9 Å². The molecular formula is C19H20N4O. The monoisotopic (exact) mass is 320 g/mol. The third-order valence-electron chi connectivity index (χ3n) is 4.60. The van der Waals surface area contributed by atoms with Crippen molar-refractivity contribution < 1.29 is 4.74 Å². The van der Waals surface area contributed by atoms with E-state index in [-0.39, 0.29) is 0 Å². The van der Waals surface area contributed by atoms with Crippen molar-refractivity contribution in [3.63, 3.8) is 0 Å². The van der Waals surface area contributed by atoms with Gasteiger partial charge in [0.05, 0.1) is 12.8 Å². The first-order valence-corrected chi connectivity index (χ1v) is 8.37. The number of hydrogen-bond acceptors (Lipinski definition) is 5. The van der Waals surface area contributed by atoms with Crippen LogP contribution in [0.5, 0.6) is 5.75 Å². The Labute approximate surface area is 141 Å². The highest BCUT2D eigenvalue weighted by atomic mass is 16.5. The molecule has 1 aliphatic rings. The van der Waals surface area contributed by atoms with Gasteiger partial charge in [0.2, 0.25) is 0 Å². The summed E-state index contributed by atoms with van der Waals surface area (Å²) in [5, 5.41) is 13.3. The van der Waals surface area contributed by atoms with E-state index in [1.54, 1.807) is 13.3 Å². The van der Waals surface area contributed by atoms with Crippen LogP contribution in [0, 0.1) is 0 Å². The van der Waals surface area contributed by atoms with Gasteiger partial charge in [-0.05, 0) is 43.2 Å². The molecule has 1 aromatic carbocycles.